The topological polar surface area (TPSA) is 24.5 Å². The summed E-state index contributed by atoms with van der Waals surface area (Å²) in [6.45, 7) is 2.33. The zero-order valence-electron chi connectivity index (χ0n) is 10.9. The Labute approximate surface area is 110 Å². The van der Waals surface area contributed by atoms with Gasteiger partial charge in [-0.25, -0.2) is 0 Å². The molecule has 106 valence electrons. The Balaban J connectivity index is 2.37. The van der Waals surface area contributed by atoms with Crippen LogP contribution in [0.15, 0.2) is 18.2 Å². The van der Waals surface area contributed by atoms with Gasteiger partial charge in [-0.2, -0.15) is 13.2 Å². The van der Waals surface area contributed by atoms with Crippen molar-refractivity contribution in [1.29, 1.82) is 0 Å². The van der Waals surface area contributed by atoms with Crippen LogP contribution in [0.1, 0.15) is 17.2 Å². The highest BCUT2D eigenvalue weighted by Crippen LogP contribution is 2.38. The Morgan fingerprint density at radius 2 is 2.11 bits per heavy atom. The van der Waals surface area contributed by atoms with Gasteiger partial charge >= 0.3 is 6.18 Å². The zero-order valence-corrected chi connectivity index (χ0v) is 10.9. The fourth-order valence-electron chi connectivity index (χ4n) is 2.33. The van der Waals surface area contributed by atoms with Crippen LogP contribution in [0.4, 0.5) is 13.2 Å². The molecule has 1 N–H and O–H groups in total. The molecule has 1 atom stereocenters. The monoisotopic (exact) mass is 274 g/mol. The standard InChI is InChI=1S/C13H17F3N2O/c1-18-6-5-17-8-11(18)9-3-4-12(19-2)10(7-9)13(14,15)16/h3-4,7,11,17H,5-6,8H2,1-2H3. The third kappa shape index (κ3) is 3.01. The lowest BCUT2D eigenvalue weighted by Gasteiger charge is -2.33. The van der Waals surface area contributed by atoms with E-state index in [-0.39, 0.29) is 11.8 Å². The van der Waals surface area contributed by atoms with Gasteiger partial charge in [-0.05, 0) is 24.7 Å². The van der Waals surface area contributed by atoms with E-state index in [9.17, 15) is 13.2 Å². The number of likely N-dealkylation sites (N-methyl/N-ethyl adjacent to an activating group) is 1. The van der Waals surface area contributed by atoms with Crippen molar-refractivity contribution in [2.75, 3.05) is 33.8 Å². The Morgan fingerprint density at radius 3 is 2.68 bits per heavy atom. The third-order valence-corrected chi connectivity index (χ3v) is 3.42. The van der Waals surface area contributed by atoms with Crippen LogP contribution in [0.2, 0.25) is 0 Å². The maximum atomic E-state index is 13.0. The van der Waals surface area contributed by atoms with Gasteiger partial charge in [-0.1, -0.05) is 6.07 Å². The summed E-state index contributed by atoms with van der Waals surface area (Å²) < 4.78 is 43.7. The molecule has 0 aliphatic carbocycles. The van der Waals surface area contributed by atoms with Gasteiger partial charge in [0.05, 0.1) is 12.7 Å². The molecule has 1 unspecified atom stereocenters. The molecule has 0 spiro atoms. The molecule has 1 aliphatic rings. The normalized spacial score (nSPS) is 21.4. The first kappa shape index (κ1) is 14.1. The van der Waals surface area contributed by atoms with Crippen LogP contribution >= 0.6 is 0 Å². The lowest BCUT2D eigenvalue weighted by atomic mass is 10.0. The molecular formula is C13H17F3N2O. The third-order valence-electron chi connectivity index (χ3n) is 3.42. The first-order chi connectivity index (χ1) is 8.93. The summed E-state index contributed by atoms with van der Waals surface area (Å²) in [6, 6.07) is 4.23. The van der Waals surface area contributed by atoms with E-state index in [2.05, 4.69) is 10.2 Å². The maximum absolute atomic E-state index is 13.0. The van der Waals surface area contributed by atoms with E-state index in [0.717, 1.165) is 13.1 Å². The Bertz CT molecular complexity index is 448. The molecule has 1 aromatic rings. The van der Waals surface area contributed by atoms with E-state index in [1.807, 2.05) is 7.05 Å². The van der Waals surface area contributed by atoms with Gasteiger partial charge in [-0.3, -0.25) is 4.90 Å². The van der Waals surface area contributed by atoms with Crippen molar-refractivity contribution in [3.05, 3.63) is 29.3 Å². The highest BCUT2D eigenvalue weighted by Gasteiger charge is 2.35. The van der Waals surface area contributed by atoms with Crippen LogP contribution in [0.5, 0.6) is 5.75 Å². The number of hydrogen-bond acceptors (Lipinski definition) is 3. The molecule has 1 aromatic carbocycles. The maximum Gasteiger partial charge on any atom is 0.419 e. The molecule has 0 aromatic heterocycles. The molecule has 1 heterocycles. The van der Waals surface area contributed by atoms with Crippen LogP contribution in [0, 0.1) is 0 Å². The molecule has 1 fully saturated rings. The van der Waals surface area contributed by atoms with Crippen LogP contribution in [-0.4, -0.2) is 38.7 Å². The highest BCUT2D eigenvalue weighted by atomic mass is 19.4. The van der Waals surface area contributed by atoms with Gasteiger partial charge in [0, 0.05) is 25.7 Å². The summed E-state index contributed by atoms with van der Waals surface area (Å²) >= 11 is 0. The Hall–Kier alpha value is -1.27. The first-order valence-electron chi connectivity index (χ1n) is 6.09. The number of nitrogens with zero attached hydrogens (tertiary/aromatic N) is 1. The Kier molecular flexibility index (Phi) is 4.01. The van der Waals surface area contributed by atoms with Crippen molar-refractivity contribution < 1.29 is 17.9 Å². The van der Waals surface area contributed by atoms with Crippen molar-refractivity contribution in [2.24, 2.45) is 0 Å². The van der Waals surface area contributed by atoms with Crippen molar-refractivity contribution in [3.8, 4) is 5.75 Å². The lowest BCUT2D eigenvalue weighted by molar-refractivity contribution is -0.138. The molecule has 0 amide bonds. The molecule has 1 saturated heterocycles. The molecule has 6 heteroatoms. The summed E-state index contributed by atoms with van der Waals surface area (Å²) in [4.78, 5) is 2.05. The average molecular weight is 274 g/mol. The van der Waals surface area contributed by atoms with Crippen molar-refractivity contribution in [1.82, 2.24) is 10.2 Å². The molecule has 0 saturated carbocycles. The SMILES string of the molecule is COc1ccc(C2CNCCN2C)cc1C(F)(F)F. The molecule has 0 radical (unpaired) electrons. The van der Waals surface area contributed by atoms with E-state index >= 15 is 0 Å². The smallest absolute Gasteiger partial charge is 0.419 e. The first-order valence-corrected chi connectivity index (χ1v) is 6.09. The van der Waals surface area contributed by atoms with Gasteiger partial charge in [-0.15, -0.1) is 0 Å². The molecular weight excluding hydrogens is 257 g/mol. The van der Waals surface area contributed by atoms with Crippen molar-refractivity contribution in [3.63, 3.8) is 0 Å². The van der Waals surface area contributed by atoms with Crippen LogP contribution in [-0.2, 0) is 6.18 Å². The molecule has 2 rings (SSSR count). The summed E-state index contributed by atoms with van der Waals surface area (Å²) in [6.07, 6.45) is -4.40. The van der Waals surface area contributed by atoms with Gasteiger partial charge < -0.3 is 10.1 Å². The molecule has 0 bridgehead atoms. The quantitative estimate of drug-likeness (QED) is 0.895. The van der Waals surface area contributed by atoms with E-state index in [4.69, 9.17) is 4.74 Å². The zero-order chi connectivity index (χ0) is 14.0. The summed E-state index contributed by atoms with van der Waals surface area (Å²) in [7, 11) is 3.17. The Morgan fingerprint density at radius 1 is 1.37 bits per heavy atom. The number of nitrogens with one attached hydrogen (secondary N) is 1. The summed E-state index contributed by atoms with van der Waals surface area (Å²) in [5.41, 5.74) is -0.0608. The molecule has 19 heavy (non-hydrogen) atoms. The van der Waals surface area contributed by atoms with Gasteiger partial charge in [0.1, 0.15) is 5.75 Å². The van der Waals surface area contributed by atoms with E-state index in [1.165, 1.54) is 19.2 Å². The molecule has 1 aliphatic heterocycles. The van der Waals surface area contributed by atoms with E-state index < -0.39 is 11.7 Å². The molecule has 3 nitrogen and oxygen atoms in total. The number of ether oxygens (including phenoxy) is 1. The highest BCUT2D eigenvalue weighted by molar-refractivity contribution is 5.40. The summed E-state index contributed by atoms with van der Waals surface area (Å²) in [5.74, 6) is -0.136. The minimum Gasteiger partial charge on any atom is -0.496 e. The van der Waals surface area contributed by atoms with Crippen LogP contribution in [0.25, 0.3) is 0 Å². The lowest BCUT2D eigenvalue weighted by Crippen LogP contribution is -2.43. The number of piperazine rings is 1. The predicted octanol–water partition coefficient (Wildman–Crippen LogP) is 2.29. The minimum atomic E-state index is -4.40. The second-order valence-electron chi connectivity index (χ2n) is 4.66. The van der Waals surface area contributed by atoms with Crippen molar-refractivity contribution in [2.45, 2.75) is 12.2 Å². The van der Waals surface area contributed by atoms with Crippen LogP contribution in [0.3, 0.4) is 0 Å². The van der Waals surface area contributed by atoms with Crippen molar-refractivity contribution >= 4 is 0 Å². The number of hydrogen-bond donors (Lipinski definition) is 1. The second-order valence-corrected chi connectivity index (χ2v) is 4.66. The number of benzene rings is 1. The number of halogens is 3. The summed E-state index contributed by atoms with van der Waals surface area (Å²) in [5, 5.41) is 3.20. The fourth-order valence-corrected chi connectivity index (χ4v) is 2.33. The fraction of sp³-hybridized carbons (Fsp3) is 0.538. The predicted molar refractivity (Wildman–Crippen MR) is 66.2 cm³/mol. The number of alkyl halides is 3. The van der Waals surface area contributed by atoms with E-state index in [0.29, 0.717) is 12.1 Å². The van der Waals surface area contributed by atoms with Gasteiger partial charge in [0.2, 0.25) is 0 Å². The number of rotatable bonds is 2. The second kappa shape index (κ2) is 5.38. The van der Waals surface area contributed by atoms with Gasteiger partial charge in [0.15, 0.2) is 0 Å². The van der Waals surface area contributed by atoms with E-state index in [1.54, 1.807) is 6.07 Å². The van der Waals surface area contributed by atoms with Gasteiger partial charge in [0.25, 0.3) is 0 Å². The van der Waals surface area contributed by atoms with Crippen LogP contribution < -0.4 is 10.1 Å². The number of methoxy groups -OCH3 is 1. The minimum absolute atomic E-state index is 0.0410. The average Bonchev–Trinajstić information content (AvgIpc) is 2.37. The largest absolute Gasteiger partial charge is 0.496 e.